The lowest BCUT2D eigenvalue weighted by molar-refractivity contribution is -0.150. The van der Waals surface area contributed by atoms with Crippen molar-refractivity contribution in [2.45, 2.75) is 26.9 Å². The lowest BCUT2D eigenvalue weighted by atomic mass is 10.1. The molecule has 4 heteroatoms. The highest BCUT2D eigenvalue weighted by molar-refractivity contribution is 5.94. The Bertz CT molecular complexity index is 412. The first kappa shape index (κ1) is 13.2. The van der Waals surface area contributed by atoms with E-state index in [4.69, 9.17) is 9.47 Å². The van der Waals surface area contributed by atoms with Crippen molar-refractivity contribution < 1.29 is 19.1 Å². The summed E-state index contributed by atoms with van der Waals surface area (Å²) in [5.41, 5.74) is 0.554. The van der Waals surface area contributed by atoms with Crippen molar-refractivity contribution in [1.82, 2.24) is 0 Å². The van der Waals surface area contributed by atoms with Crippen LogP contribution in [0.3, 0.4) is 0 Å². The molecule has 1 aromatic rings. The maximum Gasteiger partial charge on any atom is 0.347 e. The highest BCUT2D eigenvalue weighted by atomic mass is 16.6. The number of esters is 1. The molecule has 0 bridgehead atoms. The third kappa shape index (κ3) is 3.90. The first-order chi connectivity index (χ1) is 8.04. The van der Waals surface area contributed by atoms with E-state index in [1.165, 1.54) is 6.92 Å². The van der Waals surface area contributed by atoms with Crippen LogP contribution in [0.5, 0.6) is 5.75 Å². The van der Waals surface area contributed by atoms with E-state index >= 15 is 0 Å². The molecule has 0 N–H and O–H groups in total. The summed E-state index contributed by atoms with van der Waals surface area (Å²) in [6.45, 7) is 5.15. The Morgan fingerprint density at radius 2 is 2.06 bits per heavy atom. The van der Waals surface area contributed by atoms with E-state index in [0.29, 0.717) is 17.9 Å². The van der Waals surface area contributed by atoms with Crippen molar-refractivity contribution in [3.63, 3.8) is 0 Å². The van der Waals surface area contributed by atoms with Gasteiger partial charge in [-0.25, -0.2) is 4.79 Å². The number of carbonyl (C=O) groups excluding carboxylic acids is 2. The summed E-state index contributed by atoms with van der Waals surface area (Å²) in [6.07, 6.45) is -0.683. The van der Waals surface area contributed by atoms with Gasteiger partial charge in [0.05, 0.1) is 6.61 Å². The zero-order chi connectivity index (χ0) is 12.8. The quantitative estimate of drug-likeness (QED) is 0.581. The second-order valence-corrected chi connectivity index (χ2v) is 3.60. The van der Waals surface area contributed by atoms with Crippen molar-refractivity contribution >= 4 is 11.8 Å². The standard InChI is InChI=1S/C13H16O4/c1-4-16-13(15)10(3)17-12-7-5-6-11(8-12)9(2)14/h5-8,10H,4H2,1-3H3. The fourth-order valence-electron chi connectivity index (χ4n) is 1.30. The van der Waals surface area contributed by atoms with E-state index in [-0.39, 0.29) is 5.78 Å². The third-order valence-corrected chi connectivity index (χ3v) is 2.17. The Balaban J connectivity index is 2.71. The van der Waals surface area contributed by atoms with Gasteiger partial charge in [0.25, 0.3) is 0 Å². The largest absolute Gasteiger partial charge is 0.479 e. The summed E-state index contributed by atoms with van der Waals surface area (Å²) in [7, 11) is 0. The van der Waals surface area contributed by atoms with Crippen molar-refractivity contribution in [2.24, 2.45) is 0 Å². The molecule has 0 saturated carbocycles. The minimum Gasteiger partial charge on any atom is -0.479 e. The molecule has 1 unspecified atom stereocenters. The van der Waals surface area contributed by atoms with E-state index in [2.05, 4.69) is 0 Å². The van der Waals surface area contributed by atoms with Gasteiger partial charge in [0.15, 0.2) is 11.9 Å². The summed E-state index contributed by atoms with van der Waals surface area (Å²) >= 11 is 0. The zero-order valence-electron chi connectivity index (χ0n) is 10.2. The maximum absolute atomic E-state index is 11.4. The topological polar surface area (TPSA) is 52.6 Å². The van der Waals surface area contributed by atoms with E-state index in [1.54, 1.807) is 38.1 Å². The molecule has 1 rings (SSSR count). The molecule has 1 aromatic carbocycles. The molecular formula is C13H16O4. The predicted molar refractivity (Wildman–Crippen MR) is 63.2 cm³/mol. The third-order valence-electron chi connectivity index (χ3n) is 2.17. The number of rotatable bonds is 5. The number of ether oxygens (including phenoxy) is 2. The molecule has 0 heterocycles. The molecule has 92 valence electrons. The summed E-state index contributed by atoms with van der Waals surface area (Å²) in [5, 5.41) is 0. The number of hydrogen-bond acceptors (Lipinski definition) is 4. The van der Waals surface area contributed by atoms with Crippen LogP contribution in [0.15, 0.2) is 24.3 Å². The van der Waals surface area contributed by atoms with Gasteiger partial charge in [0.1, 0.15) is 5.75 Å². The molecular weight excluding hydrogens is 220 g/mol. The molecule has 0 spiro atoms. The summed E-state index contributed by atoms with van der Waals surface area (Å²) < 4.78 is 10.2. The molecule has 4 nitrogen and oxygen atoms in total. The zero-order valence-corrected chi connectivity index (χ0v) is 10.2. The van der Waals surface area contributed by atoms with Crippen LogP contribution in [0, 0.1) is 0 Å². The summed E-state index contributed by atoms with van der Waals surface area (Å²) in [6, 6.07) is 6.72. The fraction of sp³-hybridized carbons (Fsp3) is 0.385. The summed E-state index contributed by atoms with van der Waals surface area (Å²) in [4.78, 5) is 22.5. The Morgan fingerprint density at radius 3 is 2.65 bits per heavy atom. The van der Waals surface area contributed by atoms with Crippen LogP contribution in [0.4, 0.5) is 0 Å². The predicted octanol–water partition coefficient (Wildman–Crippen LogP) is 2.22. The maximum atomic E-state index is 11.4. The average Bonchev–Trinajstić information content (AvgIpc) is 2.29. The van der Waals surface area contributed by atoms with Crippen LogP contribution in [-0.2, 0) is 9.53 Å². The number of ketones is 1. The van der Waals surface area contributed by atoms with Gasteiger partial charge >= 0.3 is 5.97 Å². The summed E-state index contributed by atoms with van der Waals surface area (Å²) in [5.74, 6) is 0.0261. The van der Waals surface area contributed by atoms with Crippen molar-refractivity contribution in [3.05, 3.63) is 29.8 Å². The monoisotopic (exact) mass is 236 g/mol. The number of hydrogen-bond donors (Lipinski definition) is 0. The number of benzene rings is 1. The molecule has 0 radical (unpaired) electrons. The van der Waals surface area contributed by atoms with Gasteiger partial charge in [-0.05, 0) is 32.9 Å². The van der Waals surface area contributed by atoms with E-state index < -0.39 is 12.1 Å². The fourth-order valence-corrected chi connectivity index (χ4v) is 1.30. The molecule has 0 aliphatic heterocycles. The van der Waals surface area contributed by atoms with Gasteiger partial charge in [-0.3, -0.25) is 4.79 Å². The Morgan fingerprint density at radius 1 is 1.35 bits per heavy atom. The van der Waals surface area contributed by atoms with Crippen LogP contribution < -0.4 is 4.74 Å². The number of carbonyl (C=O) groups is 2. The number of Topliss-reactive ketones (excluding diaryl/α,β-unsaturated/α-hetero) is 1. The van der Waals surface area contributed by atoms with Gasteiger partial charge in [0.2, 0.25) is 0 Å². The lowest BCUT2D eigenvalue weighted by Crippen LogP contribution is -2.26. The van der Waals surface area contributed by atoms with Crippen molar-refractivity contribution in [1.29, 1.82) is 0 Å². The van der Waals surface area contributed by atoms with Crippen molar-refractivity contribution in [3.8, 4) is 5.75 Å². The highest BCUT2D eigenvalue weighted by Gasteiger charge is 2.15. The highest BCUT2D eigenvalue weighted by Crippen LogP contribution is 2.15. The van der Waals surface area contributed by atoms with Gasteiger partial charge in [-0.2, -0.15) is 0 Å². The molecule has 17 heavy (non-hydrogen) atoms. The molecule has 0 aliphatic rings. The Hall–Kier alpha value is -1.84. The molecule has 0 aliphatic carbocycles. The van der Waals surface area contributed by atoms with Crippen LogP contribution >= 0.6 is 0 Å². The minimum absolute atomic E-state index is 0.0424. The first-order valence-corrected chi connectivity index (χ1v) is 5.49. The molecule has 0 amide bonds. The van der Waals surface area contributed by atoms with Crippen molar-refractivity contribution in [2.75, 3.05) is 6.61 Å². The molecule has 1 atom stereocenters. The van der Waals surface area contributed by atoms with Gasteiger partial charge in [-0.1, -0.05) is 12.1 Å². The molecule has 0 saturated heterocycles. The first-order valence-electron chi connectivity index (χ1n) is 5.49. The van der Waals surface area contributed by atoms with E-state index in [0.717, 1.165) is 0 Å². The van der Waals surface area contributed by atoms with Crippen LogP contribution in [0.2, 0.25) is 0 Å². The van der Waals surface area contributed by atoms with Crippen LogP contribution in [-0.4, -0.2) is 24.5 Å². The smallest absolute Gasteiger partial charge is 0.347 e. The van der Waals surface area contributed by atoms with Crippen LogP contribution in [0.1, 0.15) is 31.1 Å². The minimum atomic E-state index is -0.683. The van der Waals surface area contributed by atoms with Gasteiger partial charge < -0.3 is 9.47 Å². The normalized spacial score (nSPS) is 11.7. The molecule has 0 aromatic heterocycles. The van der Waals surface area contributed by atoms with Crippen LogP contribution in [0.25, 0.3) is 0 Å². The van der Waals surface area contributed by atoms with Gasteiger partial charge in [-0.15, -0.1) is 0 Å². The lowest BCUT2D eigenvalue weighted by Gasteiger charge is -2.13. The molecule has 0 fully saturated rings. The van der Waals surface area contributed by atoms with Gasteiger partial charge in [0, 0.05) is 5.56 Å². The Labute approximate surface area is 101 Å². The van der Waals surface area contributed by atoms with E-state index in [1.807, 2.05) is 0 Å². The SMILES string of the molecule is CCOC(=O)C(C)Oc1cccc(C(C)=O)c1. The van der Waals surface area contributed by atoms with E-state index in [9.17, 15) is 9.59 Å². The second-order valence-electron chi connectivity index (χ2n) is 3.60. The average molecular weight is 236 g/mol. The second kappa shape index (κ2) is 6.03. The Kier molecular flexibility index (Phi) is 4.69.